The highest BCUT2D eigenvalue weighted by atomic mass is 19.4. The van der Waals surface area contributed by atoms with Crippen LogP contribution in [0, 0.1) is 6.92 Å². The Bertz CT molecular complexity index is 462. The zero-order chi connectivity index (χ0) is 14.8. The normalized spacial score (nSPS) is 20.1. The number of aryl methyl sites for hydroxylation is 1. The van der Waals surface area contributed by atoms with Crippen LogP contribution in [0.15, 0.2) is 18.2 Å². The maximum absolute atomic E-state index is 12.1. The molecular formula is C14H19F3N2O. The van der Waals surface area contributed by atoms with Gasteiger partial charge in [-0.15, -0.1) is 0 Å². The molecule has 3 nitrogen and oxygen atoms in total. The Morgan fingerprint density at radius 3 is 2.75 bits per heavy atom. The highest BCUT2D eigenvalue weighted by molar-refractivity contribution is 5.53. The van der Waals surface area contributed by atoms with E-state index in [1.54, 1.807) is 19.1 Å². The molecule has 2 rings (SSSR count). The summed E-state index contributed by atoms with van der Waals surface area (Å²) >= 11 is 0. The molecule has 2 N–H and O–H groups in total. The van der Waals surface area contributed by atoms with Crippen LogP contribution in [-0.2, 0) is 0 Å². The third kappa shape index (κ3) is 4.03. The summed E-state index contributed by atoms with van der Waals surface area (Å²) in [7, 11) is 0. The summed E-state index contributed by atoms with van der Waals surface area (Å²) in [5.74, 6) is 0.271. The van der Waals surface area contributed by atoms with Gasteiger partial charge in [-0.3, -0.25) is 0 Å². The number of benzene rings is 1. The van der Waals surface area contributed by atoms with Gasteiger partial charge in [0.1, 0.15) is 5.75 Å². The van der Waals surface area contributed by atoms with Crippen molar-refractivity contribution in [1.29, 1.82) is 0 Å². The molecule has 1 aromatic carbocycles. The number of anilines is 1. The molecule has 0 aliphatic carbocycles. The summed E-state index contributed by atoms with van der Waals surface area (Å²) in [6.45, 7) is 2.19. The predicted octanol–water partition coefficient (Wildman–Crippen LogP) is 2.86. The first kappa shape index (κ1) is 15.0. The Kier molecular flexibility index (Phi) is 4.42. The topological polar surface area (TPSA) is 38.5 Å². The van der Waals surface area contributed by atoms with Crippen LogP contribution in [0.3, 0.4) is 0 Å². The van der Waals surface area contributed by atoms with Crippen molar-refractivity contribution in [3.8, 4) is 5.75 Å². The third-order valence-electron chi connectivity index (χ3n) is 3.37. The lowest BCUT2D eigenvalue weighted by molar-refractivity contribution is -0.153. The Balaban J connectivity index is 2.05. The summed E-state index contributed by atoms with van der Waals surface area (Å²) < 4.78 is 41.2. The van der Waals surface area contributed by atoms with Crippen molar-refractivity contribution in [3.63, 3.8) is 0 Å². The number of nitrogens with two attached hydrogens (primary N) is 1. The number of rotatable bonds is 3. The van der Waals surface area contributed by atoms with Crippen LogP contribution >= 0.6 is 0 Å². The fraction of sp³-hybridized carbons (Fsp3) is 0.571. The summed E-state index contributed by atoms with van der Waals surface area (Å²) in [5.41, 5.74) is 7.62. The monoisotopic (exact) mass is 288 g/mol. The maximum atomic E-state index is 12.1. The van der Waals surface area contributed by atoms with Crippen LogP contribution < -0.4 is 15.4 Å². The molecule has 1 aliphatic rings. The van der Waals surface area contributed by atoms with Gasteiger partial charge in [-0.05, 0) is 43.5 Å². The van der Waals surface area contributed by atoms with Crippen molar-refractivity contribution >= 4 is 5.69 Å². The quantitative estimate of drug-likeness (QED) is 0.929. The molecule has 20 heavy (non-hydrogen) atoms. The standard InChI is InChI=1S/C14H19F3N2O/c1-10-7-12(19-6-2-3-11(18)8-19)4-5-13(10)20-9-14(15,16)17/h4-5,7,11H,2-3,6,8-9,18H2,1H3. The average molecular weight is 288 g/mol. The minimum atomic E-state index is -4.31. The van der Waals surface area contributed by atoms with Crippen molar-refractivity contribution in [3.05, 3.63) is 23.8 Å². The number of hydrogen-bond acceptors (Lipinski definition) is 3. The molecule has 1 unspecified atom stereocenters. The first-order chi connectivity index (χ1) is 9.35. The molecule has 6 heteroatoms. The van der Waals surface area contributed by atoms with Crippen molar-refractivity contribution in [2.75, 3.05) is 24.6 Å². The zero-order valence-corrected chi connectivity index (χ0v) is 11.4. The molecule has 1 saturated heterocycles. The highest BCUT2D eigenvalue weighted by Crippen LogP contribution is 2.27. The van der Waals surface area contributed by atoms with Crippen LogP contribution in [0.25, 0.3) is 0 Å². The van der Waals surface area contributed by atoms with Gasteiger partial charge in [0.15, 0.2) is 6.61 Å². The van der Waals surface area contributed by atoms with E-state index in [4.69, 9.17) is 10.5 Å². The van der Waals surface area contributed by atoms with E-state index in [1.165, 1.54) is 0 Å². The molecule has 0 bridgehead atoms. The number of alkyl halides is 3. The lowest BCUT2D eigenvalue weighted by Crippen LogP contribution is -2.42. The number of nitrogens with zero attached hydrogens (tertiary/aromatic N) is 1. The Hall–Kier alpha value is -1.43. The smallest absolute Gasteiger partial charge is 0.422 e. The van der Waals surface area contributed by atoms with Gasteiger partial charge in [0, 0.05) is 24.8 Å². The van der Waals surface area contributed by atoms with Crippen LogP contribution in [0.1, 0.15) is 18.4 Å². The molecule has 0 saturated carbocycles. The van der Waals surface area contributed by atoms with E-state index in [9.17, 15) is 13.2 Å². The minimum absolute atomic E-state index is 0.158. The van der Waals surface area contributed by atoms with Gasteiger partial charge >= 0.3 is 6.18 Å². The second-order valence-electron chi connectivity index (χ2n) is 5.20. The van der Waals surface area contributed by atoms with Gasteiger partial charge in [-0.25, -0.2) is 0 Å². The molecule has 0 radical (unpaired) electrons. The van der Waals surface area contributed by atoms with E-state index in [0.29, 0.717) is 5.56 Å². The van der Waals surface area contributed by atoms with E-state index < -0.39 is 12.8 Å². The van der Waals surface area contributed by atoms with Gasteiger partial charge < -0.3 is 15.4 Å². The van der Waals surface area contributed by atoms with Crippen molar-refractivity contribution in [2.45, 2.75) is 32.0 Å². The van der Waals surface area contributed by atoms with Crippen LogP contribution in [0.2, 0.25) is 0 Å². The molecule has 1 heterocycles. The first-order valence-corrected chi connectivity index (χ1v) is 6.66. The summed E-state index contributed by atoms with van der Waals surface area (Å²) in [6, 6.07) is 5.39. The zero-order valence-electron chi connectivity index (χ0n) is 11.4. The Morgan fingerprint density at radius 1 is 1.40 bits per heavy atom. The highest BCUT2D eigenvalue weighted by Gasteiger charge is 2.28. The molecule has 0 spiro atoms. The molecular weight excluding hydrogens is 269 g/mol. The van der Waals surface area contributed by atoms with Gasteiger partial charge in [0.25, 0.3) is 0 Å². The van der Waals surface area contributed by atoms with Gasteiger partial charge in [-0.2, -0.15) is 13.2 Å². The van der Waals surface area contributed by atoms with E-state index in [0.717, 1.165) is 31.6 Å². The van der Waals surface area contributed by atoms with E-state index in [-0.39, 0.29) is 11.8 Å². The fourth-order valence-electron chi connectivity index (χ4n) is 2.40. The summed E-state index contributed by atoms with van der Waals surface area (Å²) in [6.07, 6.45) is -2.26. The average Bonchev–Trinajstić information content (AvgIpc) is 2.36. The van der Waals surface area contributed by atoms with Crippen LogP contribution in [0.5, 0.6) is 5.75 Å². The van der Waals surface area contributed by atoms with E-state index >= 15 is 0 Å². The van der Waals surface area contributed by atoms with Crippen molar-refractivity contribution < 1.29 is 17.9 Å². The molecule has 0 aromatic heterocycles. The van der Waals surface area contributed by atoms with E-state index in [2.05, 4.69) is 4.90 Å². The SMILES string of the molecule is Cc1cc(N2CCCC(N)C2)ccc1OCC(F)(F)F. The second-order valence-corrected chi connectivity index (χ2v) is 5.20. The van der Waals surface area contributed by atoms with Crippen LogP contribution in [-0.4, -0.2) is 31.9 Å². The lowest BCUT2D eigenvalue weighted by atomic mass is 10.1. The Morgan fingerprint density at radius 2 is 2.15 bits per heavy atom. The van der Waals surface area contributed by atoms with Crippen LogP contribution in [0.4, 0.5) is 18.9 Å². The van der Waals surface area contributed by atoms with Crippen molar-refractivity contribution in [1.82, 2.24) is 0 Å². The molecule has 112 valence electrons. The first-order valence-electron chi connectivity index (χ1n) is 6.66. The largest absolute Gasteiger partial charge is 0.484 e. The van der Waals surface area contributed by atoms with E-state index in [1.807, 2.05) is 6.07 Å². The second kappa shape index (κ2) is 5.91. The Labute approximate surface area is 116 Å². The third-order valence-corrected chi connectivity index (χ3v) is 3.37. The lowest BCUT2D eigenvalue weighted by Gasteiger charge is -2.33. The molecule has 1 atom stereocenters. The molecule has 1 aromatic rings. The minimum Gasteiger partial charge on any atom is -0.484 e. The van der Waals surface area contributed by atoms with Gasteiger partial charge in [0.2, 0.25) is 0 Å². The molecule has 1 fully saturated rings. The maximum Gasteiger partial charge on any atom is 0.422 e. The summed E-state index contributed by atoms with van der Waals surface area (Å²) in [5, 5.41) is 0. The number of hydrogen-bond donors (Lipinski definition) is 1. The number of ether oxygens (including phenoxy) is 1. The molecule has 0 amide bonds. The fourth-order valence-corrected chi connectivity index (χ4v) is 2.40. The molecule has 1 aliphatic heterocycles. The number of halogens is 3. The predicted molar refractivity (Wildman–Crippen MR) is 72.2 cm³/mol. The van der Waals surface area contributed by atoms with Crippen molar-refractivity contribution in [2.24, 2.45) is 5.73 Å². The van der Waals surface area contributed by atoms with Gasteiger partial charge in [0.05, 0.1) is 0 Å². The van der Waals surface area contributed by atoms with Gasteiger partial charge in [-0.1, -0.05) is 0 Å². The number of piperidine rings is 1. The summed E-state index contributed by atoms with van der Waals surface area (Å²) in [4.78, 5) is 2.16.